The van der Waals surface area contributed by atoms with Gasteiger partial charge in [-0.25, -0.2) is 4.68 Å². The quantitative estimate of drug-likeness (QED) is 0.771. The maximum atomic E-state index is 11.8. The van der Waals surface area contributed by atoms with Crippen LogP contribution in [0, 0.1) is 0 Å². The van der Waals surface area contributed by atoms with Crippen LogP contribution in [-0.4, -0.2) is 41.4 Å². The summed E-state index contributed by atoms with van der Waals surface area (Å²) < 4.78 is 6.29. The molecule has 0 bridgehead atoms. The Hall–Kier alpha value is -1.07. The minimum absolute atomic E-state index is 0.0852. The Labute approximate surface area is 106 Å². The summed E-state index contributed by atoms with van der Waals surface area (Å²) in [5.74, 6) is 0.316. The summed E-state index contributed by atoms with van der Waals surface area (Å²) in [7, 11) is 1.46. The number of aromatic nitrogens is 2. The average Bonchev–Trinajstić information content (AvgIpc) is 2.35. The van der Waals surface area contributed by atoms with Gasteiger partial charge < -0.3 is 9.64 Å². The van der Waals surface area contributed by atoms with Crippen molar-refractivity contribution < 1.29 is 4.74 Å². The minimum atomic E-state index is -0.307. The number of likely N-dealkylation sites (N-methyl/N-ethyl adjacent to an activating group) is 1. The van der Waals surface area contributed by atoms with Crippen LogP contribution in [0.25, 0.3) is 0 Å². The van der Waals surface area contributed by atoms with Crippen molar-refractivity contribution in [3.05, 3.63) is 21.6 Å². The Kier molecular flexibility index (Phi) is 5.44. The summed E-state index contributed by atoms with van der Waals surface area (Å²) in [6.07, 6.45) is 1.46. The van der Waals surface area contributed by atoms with Crippen LogP contribution >= 0.6 is 11.6 Å². The molecule has 17 heavy (non-hydrogen) atoms. The van der Waals surface area contributed by atoms with Crippen molar-refractivity contribution in [3.63, 3.8) is 0 Å². The summed E-state index contributed by atoms with van der Waals surface area (Å²) in [6, 6.07) is 0. The number of rotatable bonds is 6. The molecule has 0 aliphatic rings. The molecule has 1 aromatic heterocycles. The second-order valence-electron chi connectivity index (χ2n) is 3.58. The molecule has 6 heteroatoms. The molecule has 0 unspecified atom stereocenters. The number of hydrogen-bond donors (Lipinski definition) is 0. The minimum Gasteiger partial charge on any atom is -0.493 e. The number of nitrogens with zero attached hydrogens (tertiary/aromatic N) is 3. The third kappa shape index (κ3) is 3.44. The zero-order chi connectivity index (χ0) is 12.8. The van der Waals surface area contributed by atoms with Crippen LogP contribution < -0.4 is 10.3 Å². The molecule has 0 aromatic carbocycles. The average molecular weight is 260 g/mol. The smallest absolute Gasteiger partial charge is 0.289 e. The molecule has 1 aromatic rings. The Bertz CT molecular complexity index is 416. The SMILES string of the molecule is CCN(CC)CCn1ncc(OC)c(Cl)c1=O. The van der Waals surface area contributed by atoms with E-state index in [1.54, 1.807) is 0 Å². The highest BCUT2D eigenvalue weighted by Crippen LogP contribution is 2.16. The molecule has 0 amide bonds. The van der Waals surface area contributed by atoms with E-state index < -0.39 is 0 Å². The summed E-state index contributed by atoms with van der Waals surface area (Å²) in [5.41, 5.74) is -0.307. The van der Waals surface area contributed by atoms with Gasteiger partial charge in [-0.15, -0.1) is 0 Å². The molecule has 0 aliphatic heterocycles. The zero-order valence-corrected chi connectivity index (χ0v) is 11.2. The third-order valence-electron chi connectivity index (χ3n) is 2.70. The van der Waals surface area contributed by atoms with Gasteiger partial charge in [0.25, 0.3) is 5.56 Å². The van der Waals surface area contributed by atoms with Gasteiger partial charge in [0.15, 0.2) is 10.8 Å². The van der Waals surface area contributed by atoms with Crippen molar-refractivity contribution in [3.8, 4) is 5.75 Å². The highest BCUT2D eigenvalue weighted by atomic mass is 35.5. The van der Waals surface area contributed by atoms with Crippen molar-refractivity contribution in [2.75, 3.05) is 26.7 Å². The number of ether oxygens (including phenoxy) is 1. The van der Waals surface area contributed by atoms with E-state index in [0.29, 0.717) is 12.3 Å². The predicted octanol–water partition coefficient (Wildman–Crippen LogP) is 1.25. The fourth-order valence-corrected chi connectivity index (χ4v) is 1.75. The molecule has 1 heterocycles. The largest absolute Gasteiger partial charge is 0.493 e. The Morgan fingerprint density at radius 2 is 2.12 bits per heavy atom. The first-order valence-corrected chi connectivity index (χ1v) is 6.03. The van der Waals surface area contributed by atoms with Crippen LogP contribution in [0.3, 0.4) is 0 Å². The fourth-order valence-electron chi connectivity index (χ4n) is 1.53. The second kappa shape index (κ2) is 6.61. The molecule has 96 valence electrons. The summed E-state index contributed by atoms with van der Waals surface area (Å²) in [5, 5.41) is 4.10. The summed E-state index contributed by atoms with van der Waals surface area (Å²) in [6.45, 7) is 7.39. The molecular weight excluding hydrogens is 242 g/mol. The van der Waals surface area contributed by atoms with Gasteiger partial charge in [0.05, 0.1) is 19.9 Å². The van der Waals surface area contributed by atoms with E-state index in [4.69, 9.17) is 16.3 Å². The number of halogens is 1. The lowest BCUT2D eigenvalue weighted by Gasteiger charge is -2.18. The van der Waals surface area contributed by atoms with Crippen molar-refractivity contribution in [1.29, 1.82) is 0 Å². The molecule has 0 spiro atoms. The second-order valence-corrected chi connectivity index (χ2v) is 3.96. The molecule has 1 rings (SSSR count). The fraction of sp³-hybridized carbons (Fsp3) is 0.636. The molecule has 0 fully saturated rings. The van der Waals surface area contributed by atoms with Crippen LogP contribution in [0.15, 0.2) is 11.0 Å². The van der Waals surface area contributed by atoms with Crippen molar-refractivity contribution in [2.24, 2.45) is 0 Å². The Balaban J connectivity index is 2.79. The van der Waals surface area contributed by atoms with Gasteiger partial charge in [-0.1, -0.05) is 25.4 Å². The van der Waals surface area contributed by atoms with Crippen molar-refractivity contribution in [1.82, 2.24) is 14.7 Å². The molecule has 0 N–H and O–H groups in total. The lowest BCUT2D eigenvalue weighted by molar-refractivity contribution is 0.282. The van der Waals surface area contributed by atoms with E-state index >= 15 is 0 Å². The highest BCUT2D eigenvalue weighted by Gasteiger charge is 2.09. The molecule has 0 aliphatic carbocycles. The Morgan fingerprint density at radius 1 is 1.47 bits per heavy atom. The van der Waals surface area contributed by atoms with E-state index in [2.05, 4.69) is 23.8 Å². The third-order valence-corrected chi connectivity index (χ3v) is 3.04. The van der Waals surface area contributed by atoms with E-state index in [0.717, 1.165) is 19.6 Å². The first kappa shape index (κ1) is 14.0. The van der Waals surface area contributed by atoms with Crippen LogP contribution in [0.2, 0.25) is 5.02 Å². The van der Waals surface area contributed by atoms with E-state index in [-0.39, 0.29) is 10.6 Å². The van der Waals surface area contributed by atoms with Crippen LogP contribution in [0.4, 0.5) is 0 Å². The first-order chi connectivity index (χ1) is 8.13. The van der Waals surface area contributed by atoms with Crippen molar-refractivity contribution in [2.45, 2.75) is 20.4 Å². The van der Waals surface area contributed by atoms with Gasteiger partial charge in [0.1, 0.15) is 0 Å². The first-order valence-electron chi connectivity index (χ1n) is 5.66. The number of hydrogen-bond acceptors (Lipinski definition) is 4. The lowest BCUT2D eigenvalue weighted by atomic mass is 10.4. The van der Waals surface area contributed by atoms with Crippen LogP contribution in [0.5, 0.6) is 5.75 Å². The number of methoxy groups -OCH3 is 1. The lowest BCUT2D eigenvalue weighted by Crippen LogP contribution is -2.32. The monoisotopic (exact) mass is 259 g/mol. The zero-order valence-electron chi connectivity index (χ0n) is 10.4. The van der Waals surface area contributed by atoms with E-state index in [1.807, 2.05) is 0 Å². The van der Waals surface area contributed by atoms with Gasteiger partial charge >= 0.3 is 0 Å². The maximum absolute atomic E-state index is 11.8. The highest BCUT2D eigenvalue weighted by molar-refractivity contribution is 6.31. The normalized spacial score (nSPS) is 10.9. The topological polar surface area (TPSA) is 47.4 Å². The van der Waals surface area contributed by atoms with Crippen molar-refractivity contribution >= 4 is 11.6 Å². The van der Waals surface area contributed by atoms with E-state index in [9.17, 15) is 4.79 Å². The predicted molar refractivity (Wildman–Crippen MR) is 67.8 cm³/mol. The van der Waals surface area contributed by atoms with Gasteiger partial charge in [0, 0.05) is 6.54 Å². The summed E-state index contributed by atoms with van der Waals surface area (Å²) >= 11 is 5.87. The molecule has 0 saturated carbocycles. The van der Waals surface area contributed by atoms with Gasteiger partial charge in [-0.2, -0.15) is 5.10 Å². The van der Waals surface area contributed by atoms with Gasteiger partial charge in [0.2, 0.25) is 0 Å². The molecule has 5 nitrogen and oxygen atoms in total. The van der Waals surface area contributed by atoms with E-state index in [1.165, 1.54) is 18.0 Å². The van der Waals surface area contributed by atoms with Gasteiger partial charge in [-0.05, 0) is 13.1 Å². The standard InChI is InChI=1S/C11H18ClN3O2/c1-4-14(5-2)6-7-15-11(16)10(12)9(17-3)8-13-15/h8H,4-7H2,1-3H3. The molecule has 0 atom stereocenters. The molecule has 0 radical (unpaired) electrons. The molecular formula is C11H18ClN3O2. The summed E-state index contributed by atoms with van der Waals surface area (Å²) in [4.78, 5) is 14.0. The molecule has 0 saturated heterocycles. The van der Waals surface area contributed by atoms with Crippen LogP contribution in [-0.2, 0) is 6.54 Å². The Morgan fingerprint density at radius 3 is 2.65 bits per heavy atom. The maximum Gasteiger partial charge on any atom is 0.289 e. The van der Waals surface area contributed by atoms with Gasteiger partial charge in [-0.3, -0.25) is 4.79 Å². The van der Waals surface area contributed by atoms with Crippen LogP contribution in [0.1, 0.15) is 13.8 Å².